The zero-order valence-corrected chi connectivity index (χ0v) is 13.9. The summed E-state index contributed by atoms with van der Waals surface area (Å²) in [5.41, 5.74) is 3.50. The van der Waals surface area contributed by atoms with E-state index in [0.717, 1.165) is 47.9 Å². The van der Waals surface area contributed by atoms with Crippen molar-refractivity contribution < 1.29 is 14.9 Å². The molecule has 2 atom stereocenters. The van der Waals surface area contributed by atoms with E-state index in [2.05, 4.69) is 0 Å². The fourth-order valence-electron chi connectivity index (χ4n) is 3.79. The molecular weight excluding hydrogens is 335 g/mol. The van der Waals surface area contributed by atoms with Crippen LogP contribution in [0.4, 0.5) is 0 Å². The molecule has 0 aromatic heterocycles. The molecule has 2 aromatic rings. The quantitative estimate of drug-likeness (QED) is 0.792. The van der Waals surface area contributed by atoms with E-state index in [1.165, 1.54) is 0 Å². The second-order valence-corrected chi connectivity index (χ2v) is 6.92. The van der Waals surface area contributed by atoms with Crippen LogP contribution in [0.25, 0.3) is 0 Å². The number of benzene rings is 2. The molecule has 5 heteroatoms. The molecule has 4 rings (SSSR count). The highest BCUT2D eigenvalue weighted by Crippen LogP contribution is 2.49. The first-order valence-corrected chi connectivity index (χ1v) is 8.47. The number of ether oxygens (including phenoxy) is 1. The maximum atomic E-state index is 10.2. The molecule has 0 radical (unpaired) electrons. The molecule has 0 bridgehead atoms. The van der Waals surface area contributed by atoms with E-state index in [0.29, 0.717) is 10.0 Å². The summed E-state index contributed by atoms with van der Waals surface area (Å²) in [5, 5.41) is 21.7. The van der Waals surface area contributed by atoms with Crippen LogP contribution in [0.1, 0.15) is 47.3 Å². The van der Waals surface area contributed by atoms with Crippen LogP contribution in [0.5, 0.6) is 11.5 Å². The average molecular weight is 351 g/mol. The van der Waals surface area contributed by atoms with Crippen LogP contribution in [-0.4, -0.2) is 10.2 Å². The van der Waals surface area contributed by atoms with Gasteiger partial charge in [-0.25, -0.2) is 0 Å². The van der Waals surface area contributed by atoms with E-state index in [4.69, 9.17) is 27.9 Å². The summed E-state index contributed by atoms with van der Waals surface area (Å²) in [4.78, 5) is 0. The number of rotatable bonds is 2. The Morgan fingerprint density at radius 2 is 1.22 bits per heavy atom. The summed E-state index contributed by atoms with van der Waals surface area (Å²) in [6, 6.07) is 6.66. The van der Waals surface area contributed by atoms with Crippen molar-refractivity contribution >= 4 is 23.2 Å². The van der Waals surface area contributed by atoms with E-state index in [9.17, 15) is 10.2 Å². The summed E-state index contributed by atoms with van der Waals surface area (Å²) >= 11 is 12.5. The molecule has 0 aliphatic heterocycles. The molecule has 2 N–H and O–H groups in total. The lowest BCUT2D eigenvalue weighted by molar-refractivity contribution is -0.0147. The number of phenolic OH excluding ortho intramolecular Hbond substituents is 2. The van der Waals surface area contributed by atoms with E-state index in [1.54, 1.807) is 24.3 Å². The van der Waals surface area contributed by atoms with Crippen molar-refractivity contribution in [2.24, 2.45) is 0 Å². The molecule has 0 saturated carbocycles. The second-order valence-electron chi connectivity index (χ2n) is 6.11. The van der Waals surface area contributed by atoms with Crippen LogP contribution in [0, 0.1) is 0 Å². The van der Waals surface area contributed by atoms with Crippen LogP contribution in [0.2, 0.25) is 10.0 Å². The highest BCUT2D eigenvalue weighted by atomic mass is 35.5. The lowest BCUT2D eigenvalue weighted by Gasteiger charge is -2.21. The van der Waals surface area contributed by atoms with Gasteiger partial charge in [-0.05, 0) is 61.1 Å². The van der Waals surface area contributed by atoms with Crippen LogP contribution in [-0.2, 0) is 17.6 Å². The zero-order valence-electron chi connectivity index (χ0n) is 12.4. The SMILES string of the molecule is Oc1ccc(Cl)c2c1C(OC1CCc3c(Cl)ccc(O)c31)CC2. The minimum absolute atomic E-state index is 0.210. The van der Waals surface area contributed by atoms with Gasteiger partial charge >= 0.3 is 0 Å². The number of halogens is 2. The summed E-state index contributed by atoms with van der Waals surface area (Å²) < 4.78 is 6.26. The molecule has 120 valence electrons. The molecule has 0 saturated heterocycles. The normalized spacial score (nSPS) is 22.2. The Morgan fingerprint density at radius 3 is 1.65 bits per heavy atom. The van der Waals surface area contributed by atoms with Gasteiger partial charge in [0.05, 0.1) is 12.2 Å². The molecule has 0 amide bonds. The fraction of sp³-hybridized carbons (Fsp3) is 0.333. The Morgan fingerprint density at radius 1 is 0.783 bits per heavy atom. The van der Waals surface area contributed by atoms with Crippen molar-refractivity contribution in [3.8, 4) is 11.5 Å². The molecule has 0 spiro atoms. The van der Waals surface area contributed by atoms with E-state index < -0.39 is 0 Å². The Bertz CT molecular complexity index is 723. The number of hydrogen-bond acceptors (Lipinski definition) is 3. The molecule has 2 unspecified atom stereocenters. The summed E-state index contributed by atoms with van der Waals surface area (Å²) in [6.07, 6.45) is 2.71. The van der Waals surface area contributed by atoms with Gasteiger partial charge in [-0.15, -0.1) is 0 Å². The predicted molar refractivity (Wildman–Crippen MR) is 89.4 cm³/mol. The van der Waals surface area contributed by atoms with Gasteiger partial charge in [0.15, 0.2) is 0 Å². The van der Waals surface area contributed by atoms with Gasteiger partial charge in [0.2, 0.25) is 0 Å². The van der Waals surface area contributed by atoms with Crippen LogP contribution >= 0.6 is 23.2 Å². The van der Waals surface area contributed by atoms with Gasteiger partial charge in [-0.2, -0.15) is 0 Å². The van der Waals surface area contributed by atoms with Crippen LogP contribution in [0.15, 0.2) is 24.3 Å². The van der Waals surface area contributed by atoms with Gasteiger partial charge in [0.1, 0.15) is 11.5 Å². The molecule has 2 aliphatic rings. The molecule has 23 heavy (non-hydrogen) atoms. The van der Waals surface area contributed by atoms with Crippen molar-refractivity contribution in [3.63, 3.8) is 0 Å². The molecular formula is C18H16Cl2O3. The number of fused-ring (bicyclic) bond motifs is 2. The highest BCUT2D eigenvalue weighted by Gasteiger charge is 2.35. The van der Waals surface area contributed by atoms with Crippen molar-refractivity contribution in [2.45, 2.75) is 37.9 Å². The summed E-state index contributed by atoms with van der Waals surface area (Å²) in [5.74, 6) is 0.445. The molecule has 2 aromatic carbocycles. The topological polar surface area (TPSA) is 49.7 Å². The average Bonchev–Trinajstić information content (AvgIpc) is 3.14. The van der Waals surface area contributed by atoms with Gasteiger partial charge in [-0.1, -0.05) is 23.2 Å². The first-order valence-electron chi connectivity index (χ1n) is 7.72. The highest BCUT2D eigenvalue weighted by molar-refractivity contribution is 6.31. The van der Waals surface area contributed by atoms with E-state index in [1.807, 2.05) is 0 Å². The molecule has 2 aliphatic carbocycles. The third-order valence-corrected chi connectivity index (χ3v) is 5.55. The van der Waals surface area contributed by atoms with Crippen LogP contribution in [0.3, 0.4) is 0 Å². The van der Waals surface area contributed by atoms with Gasteiger partial charge < -0.3 is 14.9 Å². The second kappa shape index (κ2) is 5.59. The maximum absolute atomic E-state index is 10.2. The van der Waals surface area contributed by atoms with E-state index >= 15 is 0 Å². The predicted octanol–water partition coefficient (Wildman–Crippen LogP) is 5.10. The van der Waals surface area contributed by atoms with Gasteiger partial charge in [0.25, 0.3) is 0 Å². The summed E-state index contributed by atoms with van der Waals surface area (Å²) in [6.45, 7) is 0. The Balaban J connectivity index is 1.67. The number of hydrogen-bond donors (Lipinski definition) is 2. The number of phenols is 2. The Labute approximate surface area is 144 Å². The fourth-order valence-corrected chi connectivity index (χ4v) is 4.31. The molecule has 0 fully saturated rings. The van der Waals surface area contributed by atoms with Crippen molar-refractivity contribution in [1.82, 2.24) is 0 Å². The third-order valence-electron chi connectivity index (χ3n) is 4.84. The lowest BCUT2D eigenvalue weighted by atomic mass is 10.1. The first kappa shape index (κ1) is 15.1. The maximum Gasteiger partial charge on any atom is 0.121 e. The van der Waals surface area contributed by atoms with E-state index in [-0.39, 0.29) is 23.7 Å². The molecule has 3 nitrogen and oxygen atoms in total. The minimum atomic E-state index is -0.210. The van der Waals surface area contributed by atoms with Crippen LogP contribution < -0.4 is 0 Å². The third kappa shape index (κ3) is 2.38. The summed E-state index contributed by atoms with van der Waals surface area (Å²) in [7, 11) is 0. The Kier molecular flexibility index (Phi) is 3.67. The van der Waals surface area contributed by atoms with Gasteiger partial charge in [-0.3, -0.25) is 0 Å². The van der Waals surface area contributed by atoms with Crippen molar-refractivity contribution in [1.29, 1.82) is 0 Å². The number of aromatic hydroxyl groups is 2. The van der Waals surface area contributed by atoms with Gasteiger partial charge in [0, 0.05) is 21.2 Å². The largest absolute Gasteiger partial charge is 0.508 e. The monoisotopic (exact) mass is 350 g/mol. The van der Waals surface area contributed by atoms with Crippen molar-refractivity contribution in [2.75, 3.05) is 0 Å². The molecule has 0 heterocycles. The zero-order chi connectivity index (χ0) is 16.1. The standard InChI is InChI=1S/C18H16Cl2O3/c19-11-3-5-13(21)17-9(11)1-7-15(17)23-16-8-2-10-12(20)4-6-14(22)18(10)16/h3-6,15-16,21-22H,1-2,7-8H2. The van der Waals surface area contributed by atoms with Crippen molar-refractivity contribution in [3.05, 3.63) is 56.6 Å². The Hall–Kier alpha value is -1.42. The lowest BCUT2D eigenvalue weighted by Crippen LogP contribution is -2.06. The first-order chi connectivity index (χ1) is 11.1. The minimum Gasteiger partial charge on any atom is -0.508 e. The smallest absolute Gasteiger partial charge is 0.121 e.